The molecule has 5 nitrogen and oxygen atoms in total. The minimum Gasteiger partial charge on any atom is -0.396 e. The van der Waals surface area contributed by atoms with E-state index in [1.165, 1.54) is 0 Å². The molecule has 108 valence electrons. The molecule has 3 heterocycles. The first kappa shape index (κ1) is 13.8. The Morgan fingerprint density at radius 1 is 1.43 bits per heavy atom. The summed E-state index contributed by atoms with van der Waals surface area (Å²) in [6, 6.07) is 7.24. The second-order valence-corrected chi connectivity index (χ2v) is 5.64. The molecule has 0 unspecified atom stereocenters. The van der Waals surface area contributed by atoms with Gasteiger partial charge >= 0.3 is 0 Å². The van der Waals surface area contributed by atoms with Gasteiger partial charge in [-0.1, -0.05) is 6.07 Å². The van der Waals surface area contributed by atoms with Crippen molar-refractivity contribution in [3.8, 4) is 0 Å². The molecule has 6 heteroatoms. The summed E-state index contributed by atoms with van der Waals surface area (Å²) in [4.78, 5) is 17.6. The van der Waals surface area contributed by atoms with Crippen LogP contribution in [0.5, 0.6) is 0 Å². The number of pyridine rings is 1. The van der Waals surface area contributed by atoms with Gasteiger partial charge in [0.2, 0.25) is 0 Å². The van der Waals surface area contributed by atoms with Crippen LogP contribution in [0.3, 0.4) is 0 Å². The van der Waals surface area contributed by atoms with Gasteiger partial charge in [0.05, 0.1) is 6.04 Å². The lowest BCUT2D eigenvalue weighted by Gasteiger charge is -2.16. The number of carbonyl (C=O) groups is 1. The smallest absolute Gasteiger partial charge is 0.251 e. The van der Waals surface area contributed by atoms with E-state index in [-0.39, 0.29) is 18.6 Å². The minimum absolute atomic E-state index is 0.0299. The number of fused-ring (bicyclic) bond motifs is 1. The van der Waals surface area contributed by atoms with Gasteiger partial charge in [-0.25, -0.2) is 4.98 Å². The van der Waals surface area contributed by atoms with Crippen LogP contribution in [0, 0.1) is 0 Å². The van der Waals surface area contributed by atoms with Crippen LogP contribution < -0.4 is 5.32 Å². The van der Waals surface area contributed by atoms with Crippen LogP contribution in [0.2, 0.25) is 0 Å². The summed E-state index contributed by atoms with van der Waals surface area (Å²) in [6.07, 6.45) is 5.83. The van der Waals surface area contributed by atoms with E-state index in [1.54, 1.807) is 29.7 Å². The largest absolute Gasteiger partial charge is 0.396 e. The normalized spacial score (nSPS) is 12.4. The number of rotatable bonds is 5. The molecule has 2 N–H and O–H groups in total. The predicted octanol–water partition coefficient (Wildman–Crippen LogP) is 2.25. The molecule has 0 aliphatic rings. The highest BCUT2D eigenvalue weighted by Crippen LogP contribution is 2.22. The monoisotopic (exact) mass is 301 g/mol. The number of amides is 1. The molecule has 0 spiro atoms. The third-order valence-corrected chi connectivity index (χ3v) is 4.26. The summed E-state index contributed by atoms with van der Waals surface area (Å²) in [7, 11) is 0. The molecule has 0 aromatic carbocycles. The Kier molecular flexibility index (Phi) is 3.98. The predicted molar refractivity (Wildman–Crippen MR) is 81.4 cm³/mol. The Bertz CT molecular complexity index is 736. The van der Waals surface area contributed by atoms with Gasteiger partial charge in [0, 0.05) is 35.6 Å². The molecule has 0 aliphatic carbocycles. The van der Waals surface area contributed by atoms with E-state index in [0.29, 0.717) is 12.0 Å². The van der Waals surface area contributed by atoms with Crippen molar-refractivity contribution in [1.29, 1.82) is 0 Å². The van der Waals surface area contributed by atoms with Gasteiger partial charge in [-0.05, 0) is 30.0 Å². The molecule has 21 heavy (non-hydrogen) atoms. The molecular formula is C15H15N3O2S. The first-order chi connectivity index (χ1) is 10.3. The molecule has 3 aromatic heterocycles. The molecule has 3 aromatic rings. The maximum Gasteiger partial charge on any atom is 0.251 e. The molecule has 0 radical (unpaired) electrons. The third-order valence-electron chi connectivity index (χ3n) is 3.27. The van der Waals surface area contributed by atoms with Crippen LogP contribution in [-0.4, -0.2) is 27.0 Å². The van der Waals surface area contributed by atoms with Crippen molar-refractivity contribution in [3.63, 3.8) is 0 Å². The fourth-order valence-corrected chi connectivity index (χ4v) is 3.01. The topological polar surface area (TPSA) is 66.6 Å². The van der Waals surface area contributed by atoms with E-state index < -0.39 is 0 Å². The van der Waals surface area contributed by atoms with Crippen molar-refractivity contribution in [3.05, 3.63) is 58.7 Å². The van der Waals surface area contributed by atoms with Gasteiger partial charge in [0.15, 0.2) is 0 Å². The molecule has 0 aliphatic heterocycles. The van der Waals surface area contributed by atoms with Crippen molar-refractivity contribution in [2.75, 3.05) is 6.61 Å². The molecular weight excluding hydrogens is 286 g/mol. The molecule has 0 saturated carbocycles. The van der Waals surface area contributed by atoms with Crippen molar-refractivity contribution < 1.29 is 9.90 Å². The summed E-state index contributed by atoms with van der Waals surface area (Å²) < 4.78 is 1.85. The number of hydrogen-bond acceptors (Lipinski definition) is 4. The van der Waals surface area contributed by atoms with Crippen LogP contribution in [-0.2, 0) is 0 Å². The zero-order chi connectivity index (χ0) is 14.7. The Morgan fingerprint density at radius 3 is 3.10 bits per heavy atom. The van der Waals surface area contributed by atoms with E-state index in [4.69, 9.17) is 0 Å². The number of hydrogen-bond donors (Lipinski definition) is 2. The number of aliphatic hydroxyl groups excluding tert-OH is 1. The highest BCUT2D eigenvalue weighted by atomic mass is 32.1. The highest BCUT2D eigenvalue weighted by Gasteiger charge is 2.16. The lowest BCUT2D eigenvalue weighted by molar-refractivity contribution is 0.0931. The fourth-order valence-electron chi connectivity index (χ4n) is 2.20. The van der Waals surface area contributed by atoms with E-state index in [2.05, 4.69) is 10.3 Å². The number of thiophene rings is 1. The lowest BCUT2D eigenvalue weighted by atomic mass is 10.1. The summed E-state index contributed by atoms with van der Waals surface area (Å²) in [6.45, 7) is 0.0299. The molecule has 0 bridgehead atoms. The number of aliphatic hydroxyl groups is 1. The lowest BCUT2D eigenvalue weighted by Crippen LogP contribution is -2.28. The van der Waals surface area contributed by atoms with Crippen molar-refractivity contribution >= 4 is 22.9 Å². The quantitative estimate of drug-likeness (QED) is 0.759. The standard InChI is InChI=1S/C15H15N3O2S/c19-8-4-12(13-2-1-9-21-13)17-15(20)11-3-6-18-7-5-16-14(18)10-11/h1-3,5-7,9-10,12,19H,4,8H2,(H,17,20)/t12-/m1/s1. The molecule has 0 saturated heterocycles. The Hall–Kier alpha value is -2.18. The SMILES string of the molecule is O=C(N[C@H](CCO)c1cccs1)c1ccn2ccnc2c1. The van der Waals surface area contributed by atoms with Gasteiger partial charge in [0.25, 0.3) is 5.91 Å². The van der Waals surface area contributed by atoms with Crippen LogP contribution in [0.25, 0.3) is 5.65 Å². The van der Waals surface area contributed by atoms with Crippen LogP contribution >= 0.6 is 11.3 Å². The van der Waals surface area contributed by atoms with Gasteiger partial charge in [0.1, 0.15) is 5.65 Å². The number of carbonyl (C=O) groups excluding carboxylic acids is 1. The number of nitrogens with one attached hydrogen (secondary N) is 1. The zero-order valence-electron chi connectivity index (χ0n) is 11.3. The van der Waals surface area contributed by atoms with E-state index >= 15 is 0 Å². The second-order valence-electron chi connectivity index (χ2n) is 4.66. The number of nitrogens with zero attached hydrogens (tertiary/aromatic N) is 2. The van der Waals surface area contributed by atoms with Crippen LogP contribution in [0.15, 0.2) is 48.2 Å². The zero-order valence-corrected chi connectivity index (χ0v) is 12.1. The van der Waals surface area contributed by atoms with Gasteiger partial charge in [-0.15, -0.1) is 11.3 Å². The van der Waals surface area contributed by atoms with E-state index in [1.807, 2.05) is 34.3 Å². The van der Waals surface area contributed by atoms with Gasteiger partial charge in [-0.3, -0.25) is 4.79 Å². The minimum atomic E-state index is -0.168. The first-order valence-electron chi connectivity index (χ1n) is 6.66. The Labute approximate surface area is 125 Å². The average Bonchev–Trinajstić information content (AvgIpc) is 3.17. The van der Waals surface area contributed by atoms with Crippen LogP contribution in [0.4, 0.5) is 0 Å². The molecule has 1 amide bonds. The van der Waals surface area contributed by atoms with Crippen LogP contribution in [0.1, 0.15) is 27.7 Å². The average molecular weight is 301 g/mol. The summed E-state index contributed by atoms with van der Waals surface area (Å²) in [5.74, 6) is -0.160. The summed E-state index contributed by atoms with van der Waals surface area (Å²) in [5.41, 5.74) is 1.30. The van der Waals surface area contributed by atoms with Crippen molar-refractivity contribution in [2.24, 2.45) is 0 Å². The number of aromatic nitrogens is 2. The van der Waals surface area contributed by atoms with E-state index in [9.17, 15) is 9.90 Å². The third kappa shape index (κ3) is 2.96. The van der Waals surface area contributed by atoms with Crippen molar-refractivity contribution in [2.45, 2.75) is 12.5 Å². The number of imidazole rings is 1. The van der Waals surface area contributed by atoms with Crippen molar-refractivity contribution in [1.82, 2.24) is 14.7 Å². The Balaban J connectivity index is 1.80. The molecule has 1 atom stereocenters. The Morgan fingerprint density at radius 2 is 2.33 bits per heavy atom. The second kappa shape index (κ2) is 6.07. The van der Waals surface area contributed by atoms with E-state index in [0.717, 1.165) is 10.5 Å². The van der Waals surface area contributed by atoms with Gasteiger partial charge < -0.3 is 14.8 Å². The summed E-state index contributed by atoms with van der Waals surface area (Å²) in [5, 5.41) is 14.1. The van der Waals surface area contributed by atoms with Gasteiger partial charge in [-0.2, -0.15) is 0 Å². The maximum absolute atomic E-state index is 12.4. The first-order valence-corrected chi connectivity index (χ1v) is 7.54. The maximum atomic E-state index is 12.4. The summed E-state index contributed by atoms with van der Waals surface area (Å²) >= 11 is 1.57. The highest BCUT2D eigenvalue weighted by molar-refractivity contribution is 7.10. The molecule has 3 rings (SSSR count). The molecule has 0 fully saturated rings. The fraction of sp³-hybridized carbons (Fsp3) is 0.200.